The molecule has 1 aliphatic rings. The SMILES string of the molecule is C[Si](C)(C)CCOCOc1cc(CC(F)(F)F)c(-c2nc(Cl)c3cnn(C4CCCCO4)c3n2)cc1F. The van der Waals surface area contributed by atoms with Gasteiger partial charge >= 0.3 is 6.18 Å². The number of benzene rings is 1. The van der Waals surface area contributed by atoms with Crippen LogP contribution in [0.15, 0.2) is 18.3 Å². The number of hydrogen-bond acceptors (Lipinski definition) is 6. The molecular weight excluding hydrogens is 532 g/mol. The van der Waals surface area contributed by atoms with Gasteiger partial charge in [-0.1, -0.05) is 31.2 Å². The average molecular weight is 561 g/mol. The monoisotopic (exact) mass is 560 g/mol. The molecule has 0 saturated carbocycles. The molecule has 0 N–H and O–H groups in total. The number of fused-ring (bicyclic) bond motifs is 1. The fraction of sp³-hybridized carbons (Fsp3) is 0.542. The number of halogens is 5. The predicted molar refractivity (Wildman–Crippen MR) is 134 cm³/mol. The van der Waals surface area contributed by atoms with Crippen molar-refractivity contribution in [1.82, 2.24) is 19.7 Å². The van der Waals surface area contributed by atoms with Crippen LogP contribution in [0.4, 0.5) is 17.6 Å². The molecule has 1 aromatic carbocycles. The van der Waals surface area contributed by atoms with Crippen LogP contribution in [0.3, 0.4) is 0 Å². The molecule has 0 amide bonds. The molecule has 1 atom stereocenters. The first-order chi connectivity index (χ1) is 17.4. The molecule has 0 radical (unpaired) electrons. The number of hydrogen-bond donors (Lipinski definition) is 0. The number of aromatic nitrogens is 4. The van der Waals surface area contributed by atoms with E-state index in [9.17, 15) is 17.6 Å². The maximum absolute atomic E-state index is 15.0. The molecule has 1 unspecified atom stereocenters. The van der Waals surface area contributed by atoms with E-state index in [1.165, 1.54) is 6.20 Å². The van der Waals surface area contributed by atoms with E-state index in [1.807, 2.05) is 0 Å². The van der Waals surface area contributed by atoms with Gasteiger partial charge in [-0.15, -0.1) is 0 Å². The molecule has 0 aliphatic carbocycles. The summed E-state index contributed by atoms with van der Waals surface area (Å²) in [6, 6.07) is 2.83. The van der Waals surface area contributed by atoms with Crippen molar-refractivity contribution in [3.05, 3.63) is 34.9 Å². The van der Waals surface area contributed by atoms with Crippen LogP contribution >= 0.6 is 11.6 Å². The normalized spacial score (nSPS) is 16.9. The van der Waals surface area contributed by atoms with Crippen LogP contribution in [-0.4, -0.2) is 54.0 Å². The van der Waals surface area contributed by atoms with E-state index in [0.717, 1.165) is 31.0 Å². The summed E-state index contributed by atoms with van der Waals surface area (Å²) in [5.74, 6) is -1.35. The Balaban J connectivity index is 1.67. The lowest BCUT2D eigenvalue weighted by Gasteiger charge is -2.23. The highest BCUT2D eigenvalue weighted by molar-refractivity contribution is 6.76. The molecule has 3 aromatic rings. The second-order valence-corrected chi connectivity index (χ2v) is 16.2. The summed E-state index contributed by atoms with van der Waals surface area (Å²) in [6.07, 6.45) is -2.24. The van der Waals surface area contributed by atoms with Gasteiger partial charge in [0.05, 0.1) is 18.0 Å². The smallest absolute Gasteiger partial charge is 0.393 e. The highest BCUT2D eigenvalue weighted by Gasteiger charge is 2.31. The van der Waals surface area contributed by atoms with Crippen molar-refractivity contribution in [1.29, 1.82) is 0 Å². The van der Waals surface area contributed by atoms with Gasteiger partial charge in [-0.2, -0.15) is 18.3 Å². The van der Waals surface area contributed by atoms with Crippen molar-refractivity contribution in [2.45, 2.75) is 63.8 Å². The van der Waals surface area contributed by atoms with Crippen LogP contribution in [-0.2, 0) is 15.9 Å². The summed E-state index contributed by atoms with van der Waals surface area (Å²) in [7, 11) is -1.33. The van der Waals surface area contributed by atoms with E-state index in [-0.39, 0.29) is 40.9 Å². The molecule has 4 rings (SSSR count). The third-order valence-corrected chi connectivity index (χ3v) is 7.91. The van der Waals surface area contributed by atoms with E-state index in [2.05, 4.69) is 34.7 Å². The van der Waals surface area contributed by atoms with Crippen molar-refractivity contribution in [2.75, 3.05) is 20.0 Å². The van der Waals surface area contributed by atoms with Crippen LogP contribution in [0.1, 0.15) is 31.1 Å². The summed E-state index contributed by atoms with van der Waals surface area (Å²) in [6.45, 7) is 7.25. The molecular formula is C24H29ClF4N4O3Si. The zero-order valence-corrected chi connectivity index (χ0v) is 22.6. The Bertz CT molecular complexity index is 1240. The second-order valence-electron chi connectivity index (χ2n) is 10.2. The predicted octanol–water partition coefficient (Wildman–Crippen LogP) is 6.78. The summed E-state index contributed by atoms with van der Waals surface area (Å²) >= 11 is 6.35. The van der Waals surface area contributed by atoms with Crippen molar-refractivity contribution >= 4 is 30.7 Å². The Morgan fingerprint density at radius 3 is 2.65 bits per heavy atom. The standard InChI is InChI=1S/C24H29ClF4N4O3Si/c1-37(2,3)9-8-34-14-36-19-10-15(12-24(27,28)29)16(11-18(19)26)22-31-21(25)17-13-30-33(23(17)32-22)20-6-4-5-7-35-20/h10-11,13,20H,4-9,12,14H2,1-3H3. The first-order valence-electron chi connectivity index (χ1n) is 12.0. The van der Waals surface area contributed by atoms with Crippen LogP contribution in [0, 0.1) is 5.82 Å². The van der Waals surface area contributed by atoms with Crippen molar-refractivity contribution < 1.29 is 31.8 Å². The molecule has 1 aliphatic heterocycles. The Hall–Kier alpha value is -2.28. The third kappa shape index (κ3) is 7.18. The first kappa shape index (κ1) is 27.7. The minimum atomic E-state index is -4.57. The molecule has 3 heterocycles. The molecule has 2 aromatic heterocycles. The molecule has 37 heavy (non-hydrogen) atoms. The van der Waals surface area contributed by atoms with E-state index in [1.54, 1.807) is 4.68 Å². The van der Waals surface area contributed by atoms with Gasteiger partial charge in [-0.25, -0.2) is 19.0 Å². The zero-order valence-electron chi connectivity index (χ0n) is 20.9. The third-order valence-electron chi connectivity index (χ3n) is 5.92. The van der Waals surface area contributed by atoms with Crippen LogP contribution in [0.2, 0.25) is 30.8 Å². The minimum Gasteiger partial charge on any atom is -0.464 e. The van der Waals surface area contributed by atoms with E-state index >= 15 is 0 Å². The van der Waals surface area contributed by atoms with Crippen LogP contribution < -0.4 is 4.74 Å². The van der Waals surface area contributed by atoms with E-state index in [0.29, 0.717) is 30.7 Å². The van der Waals surface area contributed by atoms with Gasteiger partial charge in [0.2, 0.25) is 0 Å². The first-order valence-corrected chi connectivity index (χ1v) is 16.1. The van der Waals surface area contributed by atoms with Gasteiger partial charge in [0, 0.05) is 26.9 Å². The maximum atomic E-state index is 15.0. The number of ether oxygens (including phenoxy) is 3. The molecule has 202 valence electrons. The van der Waals surface area contributed by atoms with E-state index < -0.39 is 26.5 Å². The Kier molecular flexibility index (Phi) is 8.41. The van der Waals surface area contributed by atoms with Gasteiger partial charge in [-0.05, 0) is 43.0 Å². The van der Waals surface area contributed by atoms with Gasteiger partial charge in [0.15, 0.2) is 36.1 Å². The fourth-order valence-corrected chi connectivity index (χ4v) is 4.93. The van der Waals surface area contributed by atoms with Gasteiger partial charge in [0.25, 0.3) is 0 Å². The maximum Gasteiger partial charge on any atom is 0.393 e. The molecule has 1 saturated heterocycles. The molecule has 0 spiro atoms. The highest BCUT2D eigenvalue weighted by Crippen LogP contribution is 2.35. The summed E-state index contributed by atoms with van der Waals surface area (Å²) < 4.78 is 73.5. The second kappa shape index (κ2) is 11.2. The van der Waals surface area contributed by atoms with Gasteiger partial charge in [0.1, 0.15) is 5.15 Å². The fourth-order valence-electron chi connectivity index (χ4n) is 3.96. The zero-order chi connectivity index (χ0) is 26.8. The summed E-state index contributed by atoms with van der Waals surface area (Å²) in [5, 5.41) is 4.73. The molecule has 7 nitrogen and oxygen atoms in total. The lowest BCUT2D eigenvalue weighted by molar-refractivity contribution is -0.127. The quantitative estimate of drug-likeness (QED) is 0.0944. The van der Waals surface area contributed by atoms with Crippen molar-refractivity contribution in [3.63, 3.8) is 0 Å². The Morgan fingerprint density at radius 2 is 1.97 bits per heavy atom. The van der Waals surface area contributed by atoms with Crippen LogP contribution in [0.5, 0.6) is 5.75 Å². The topological polar surface area (TPSA) is 71.3 Å². The summed E-state index contributed by atoms with van der Waals surface area (Å²) in [5.41, 5.74) is -0.0827. The van der Waals surface area contributed by atoms with Gasteiger partial charge < -0.3 is 14.2 Å². The largest absolute Gasteiger partial charge is 0.464 e. The van der Waals surface area contributed by atoms with Crippen molar-refractivity contribution in [2.24, 2.45) is 0 Å². The molecule has 0 bridgehead atoms. The summed E-state index contributed by atoms with van der Waals surface area (Å²) in [4.78, 5) is 8.61. The van der Waals surface area contributed by atoms with Crippen molar-refractivity contribution in [3.8, 4) is 17.1 Å². The molecule has 13 heteroatoms. The Labute approximate surface area is 218 Å². The Morgan fingerprint density at radius 1 is 1.19 bits per heavy atom. The number of nitrogens with zero attached hydrogens (tertiary/aromatic N) is 4. The van der Waals surface area contributed by atoms with E-state index in [4.69, 9.17) is 25.8 Å². The highest BCUT2D eigenvalue weighted by atomic mass is 35.5. The lowest BCUT2D eigenvalue weighted by atomic mass is 10.0. The van der Waals surface area contributed by atoms with Gasteiger partial charge in [-0.3, -0.25) is 0 Å². The number of alkyl halides is 3. The minimum absolute atomic E-state index is 0.00319. The molecule has 1 fully saturated rings. The lowest BCUT2D eigenvalue weighted by Crippen LogP contribution is -2.22. The average Bonchev–Trinajstić information content (AvgIpc) is 3.24. The van der Waals surface area contributed by atoms with Crippen LogP contribution in [0.25, 0.3) is 22.4 Å². The number of rotatable bonds is 9.